The number of aromatic nitrogens is 2. The molecule has 0 saturated carbocycles. The molecule has 18 heavy (non-hydrogen) atoms. The molecule has 0 amide bonds. The zero-order valence-corrected chi connectivity index (χ0v) is 9.71. The molecule has 0 aliphatic heterocycles. The Balaban J connectivity index is 2.06. The normalized spacial score (nSPS) is 16.6. The molecule has 1 N–H and O–H groups in total. The Labute approximate surface area is 103 Å². The predicted octanol–water partition coefficient (Wildman–Crippen LogP) is 3.21. The van der Waals surface area contributed by atoms with Gasteiger partial charge in [0.2, 0.25) is 0 Å². The Kier molecular flexibility index (Phi) is 2.33. The fourth-order valence-electron chi connectivity index (χ4n) is 2.46. The Hall–Kier alpha value is -1.97. The molecule has 3 rings (SSSR count). The number of imidazole rings is 1. The Morgan fingerprint density at radius 1 is 1.33 bits per heavy atom. The van der Waals surface area contributed by atoms with E-state index >= 15 is 0 Å². The summed E-state index contributed by atoms with van der Waals surface area (Å²) in [6, 6.07) is 5.40. The summed E-state index contributed by atoms with van der Waals surface area (Å²) in [5.41, 5.74) is 3.69. The predicted molar refractivity (Wildman–Crippen MR) is 65.5 cm³/mol. The van der Waals surface area contributed by atoms with Gasteiger partial charge in [0.1, 0.15) is 0 Å². The number of halogens is 2. The summed E-state index contributed by atoms with van der Waals surface area (Å²) in [5.74, 6) is -2.63. The maximum absolute atomic E-state index is 13.5. The lowest BCUT2D eigenvalue weighted by Gasteiger charge is -2.10. The van der Waals surface area contributed by atoms with E-state index < -0.39 is 5.92 Å². The van der Waals surface area contributed by atoms with Crippen molar-refractivity contribution in [2.45, 2.75) is 18.8 Å². The zero-order chi connectivity index (χ0) is 12.8. The highest BCUT2D eigenvalue weighted by molar-refractivity contribution is 5.78. The molecule has 0 saturated heterocycles. The van der Waals surface area contributed by atoms with Gasteiger partial charge in [-0.1, -0.05) is 24.8 Å². The van der Waals surface area contributed by atoms with Crippen LogP contribution >= 0.6 is 0 Å². The van der Waals surface area contributed by atoms with Gasteiger partial charge in [-0.05, 0) is 22.3 Å². The number of H-pyrrole nitrogens is 1. The number of aromatic amines is 1. The van der Waals surface area contributed by atoms with Crippen LogP contribution < -0.4 is 0 Å². The molecule has 0 unspecified atom stereocenters. The van der Waals surface area contributed by atoms with Crippen LogP contribution in [-0.2, 0) is 12.8 Å². The van der Waals surface area contributed by atoms with Crippen molar-refractivity contribution in [3.05, 3.63) is 59.7 Å². The summed E-state index contributed by atoms with van der Waals surface area (Å²) in [4.78, 5) is 6.88. The minimum absolute atomic E-state index is 0.174. The number of nitrogens with zero attached hydrogens (tertiary/aromatic N) is 1. The number of benzene rings is 1. The third kappa shape index (κ3) is 1.74. The minimum atomic E-state index is -2.63. The van der Waals surface area contributed by atoms with Gasteiger partial charge in [0.15, 0.2) is 0 Å². The second-order valence-corrected chi connectivity index (χ2v) is 4.60. The van der Waals surface area contributed by atoms with Crippen molar-refractivity contribution in [1.82, 2.24) is 9.97 Å². The fraction of sp³-hybridized carbons (Fsp3) is 0.214. The lowest BCUT2D eigenvalue weighted by atomic mass is 9.96. The van der Waals surface area contributed by atoms with Crippen molar-refractivity contribution in [2.75, 3.05) is 0 Å². The average Bonchev–Trinajstić information content (AvgIpc) is 2.91. The molecule has 1 aliphatic carbocycles. The molecule has 1 heterocycles. The van der Waals surface area contributed by atoms with Crippen LogP contribution in [0.4, 0.5) is 8.78 Å². The van der Waals surface area contributed by atoms with Crippen LogP contribution in [0.15, 0.2) is 37.3 Å². The van der Waals surface area contributed by atoms with E-state index in [-0.39, 0.29) is 12.8 Å². The number of alkyl halides is 2. The van der Waals surface area contributed by atoms with Crippen LogP contribution in [0.25, 0.3) is 5.57 Å². The molecule has 1 aliphatic rings. The van der Waals surface area contributed by atoms with E-state index in [9.17, 15) is 8.78 Å². The monoisotopic (exact) mass is 246 g/mol. The Bertz CT molecular complexity index is 600. The molecule has 2 nitrogen and oxygen atoms in total. The van der Waals surface area contributed by atoms with Crippen molar-refractivity contribution in [2.24, 2.45) is 0 Å². The maximum atomic E-state index is 13.5. The van der Waals surface area contributed by atoms with Gasteiger partial charge >= 0.3 is 0 Å². The molecule has 0 fully saturated rings. The van der Waals surface area contributed by atoms with Crippen LogP contribution in [-0.4, -0.2) is 15.9 Å². The van der Waals surface area contributed by atoms with E-state index in [1.165, 1.54) is 0 Å². The van der Waals surface area contributed by atoms with Gasteiger partial charge < -0.3 is 4.98 Å². The summed E-state index contributed by atoms with van der Waals surface area (Å²) in [6.07, 6.45) is 2.82. The summed E-state index contributed by atoms with van der Waals surface area (Å²) in [6.45, 7) is 3.98. The zero-order valence-electron chi connectivity index (χ0n) is 9.71. The number of hydrogen-bond donors (Lipinski definition) is 1. The van der Waals surface area contributed by atoms with Crippen molar-refractivity contribution in [3.63, 3.8) is 0 Å². The molecule has 2 aromatic rings. The quantitative estimate of drug-likeness (QED) is 0.866. The Morgan fingerprint density at radius 3 is 2.89 bits per heavy atom. The van der Waals surface area contributed by atoms with Crippen LogP contribution in [0.1, 0.15) is 22.4 Å². The van der Waals surface area contributed by atoms with Crippen molar-refractivity contribution >= 4 is 5.57 Å². The van der Waals surface area contributed by atoms with E-state index in [1.54, 1.807) is 24.7 Å². The minimum Gasteiger partial charge on any atom is -0.345 e. The highest BCUT2D eigenvalue weighted by Crippen LogP contribution is 2.38. The third-order valence-corrected chi connectivity index (χ3v) is 3.31. The SMILES string of the molecule is C=C(c1cnc[nH]1)c1cccc2c1CC(F)(F)C2. The van der Waals surface area contributed by atoms with Gasteiger partial charge in [-0.25, -0.2) is 13.8 Å². The van der Waals surface area contributed by atoms with Gasteiger partial charge in [0.05, 0.1) is 18.2 Å². The van der Waals surface area contributed by atoms with E-state index in [2.05, 4.69) is 16.5 Å². The van der Waals surface area contributed by atoms with Crippen LogP contribution in [0.5, 0.6) is 0 Å². The highest BCUT2D eigenvalue weighted by Gasteiger charge is 2.38. The first kappa shape index (κ1) is 11.1. The first-order valence-electron chi connectivity index (χ1n) is 5.73. The van der Waals surface area contributed by atoms with Crippen LogP contribution in [0, 0.1) is 0 Å². The van der Waals surface area contributed by atoms with E-state index in [0.717, 1.165) is 16.8 Å². The van der Waals surface area contributed by atoms with Crippen LogP contribution in [0.2, 0.25) is 0 Å². The third-order valence-electron chi connectivity index (χ3n) is 3.31. The Morgan fingerprint density at radius 2 is 2.17 bits per heavy atom. The van der Waals surface area contributed by atoms with Crippen LogP contribution in [0.3, 0.4) is 0 Å². The average molecular weight is 246 g/mol. The number of rotatable bonds is 2. The van der Waals surface area contributed by atoms with Gasteiger partial charge in [-0.15, -0.1) is 0 Å². The van der Waals surface area contributed by atoms with Crippen molar-refractivity contribution in [3.8, 4) is 0 Å². The van der Waals surface area contributed by atoms with Crippen molar-refractivity contribution in [1.29, 1.82) is 0 Å². The van der Waals surface area contributed by atoms with E-state index in [0.29, 0.717) is 11.1 Å². The summed E-state index contributed by atoms with van der Waals surface area (Å²) >= 11 is 0. The number of fused-ring (bicyclic) bond motifs is 1. The molecule has 0 spiro atoms. The first-order valence-corrected chi connectivity index (χ1v) is 5.73. The first-order chi connectivity index (χ1) is 8.57. The topological polar surface area (TPSA) is 28.7 Å². The second-order valence-electron chi connectivity index (χ2n) is 4.60. The molecule has 1 aromatic heterocycles. The smallest absolute Gasteiger partial charge is 0.256 e. The number of nitrogens with one attached hydrogen (secondary N) is 1. The van der Waals surface area contributed by atoms with Crippen molar-refractivity contribution < 1.29 is 8.78 Å². The van der Waals surface area contributed by atoms with Gasteiger partial charge in [0, 0.05) is 12.8 Å². The molecule has 0 radical (unpaired) electrons. The van der Waals surface area contributed by atoms with E-state index in [4.69, 9.17) is 0 Å². The maximum Gasteiger partial charge on any atom is 0.256 e. The standard InChI is InChI=1S/C14H12F2N2/c1-9(13-7-17-8-18-13)11-4-2-3-10-5-14(15,16)6-12(10)11/h2-4,7-8H,1,5-6H2,(H,17,18). The number of hydrogen-bond acceptors (Lipinski definition) is 1. The van der Waals surface area contributed by atoms with Gasteiger partial charge in [-0.2, -0.15) is 0 Å². The molecule has 0 atom stereocenters. The molecule has 1 aromatic carbocycles. The van der Waals surface area contributed by atoms with Gasteiger partial charge in [-0.3, -0.25) is 0 Å². The van der Waals surface area contributed by atoms with E-state index in [1.807, 2.05) is 6.07 Å². The molecular formula is C14H12F2N2. The molecule has 92 valence electrons. The lowest BCUT2D eigenvalue weighted by molar-refractivity contribution is 0.0130. The molecular weight excluding hydrogens is 234 g/mol. The van der Waals surface area contributed by atoms with Gasteiger partial charge in [0.25, 0.3) is 5.92 Å². The fourth-order valence-corrected chi connectivity index (χ4v) is 2.46. The molecule has 4 heteroatoms. The summed E-state index contributed by atoms with van der Waals surface area (Å²) in [7, 11) is 0. The second kappa shape index (κ2) is 3.77. The summed E-state index contributed by atoms with van der Waals surface area (Å²) < 4.78 is 26.9. The lowest BCUT2D eigenvalue weighted by Crippen LogP contribution is -2.14. The highest BCUT2D eigenvalue weighted by atomic mass is 19.3. The molecule has 0 bridgehead atoms. The largest absolute Gasteiger partial charge is 0.345 e. The summed E-state index contributed by atoms with van der Waals surface area (Å²) in [5, 5.41) is 0.